The quantitative estimate of drug-likeness (QED) is 0.603. The molecule has 0 aromatic heterocycles. The molecular weight excluding hydrogens is 322 g/mol. The van der Waals surface area contributed by atoms with Crippen molar-refractivity contribution in [2.45, 2.75) is 51.7 Å². The third-order valence-electron chi connectivity index (χ3n) is 3.97. The van der Waals surface area contributed by atoms with Crippen molar-refractivity contribution in [2.75, 3.05) is 14.2 Å². The van der Waals surface area contributed by atoms with E-state index in [4.69, 9.17) is 9.47 Å². The minimum atomic E-state index is -0.894. The van der Waals surface area contributed by atoms with Crippen LogP contribution in [0.1, 0.15) is 50.5 Å². The molecule has 0 saturated heterocycles. The topological polar surface area (TPSA) is 72.9 Å². The molecule has 138 valence electrons. The summed E-state index contributed by atoms with van der Waals surface area (Å²) in [5.74, 6) is -0.544. The Balaban J connectivity index is 3.25. The molecule has 1 atom stereocenters. The van der Waals surface area contributed by atoms with Crippen LogP contribution in [0.5, 0.6) is 0 Å². The second-order valence-corrected chi connectivity index (χ2v) is 7.48. The van der Waals surface area contributed by atoms with Crippen LogP contribution in [-0.2, 0) is 19.7 Å². The van der Waals surface area contributed by atoms with Gasteiger partial charge in [-0.3, -0.25) is 9.69 Å². The molecular formula is C19H27NO5. The fourth-order valence-corrected chi connectivity index (χ4v) is 2.64. The molecule has 1 aromatic rings. The van der Waals surface area contributed by atoms with Crippen LogP contribution in [0, 0.1) is 0 Å². The maximum absolute atomic E-state index is 12.4. The van der Waals surface area contributed by atoms with E-state index in [1.54, 1.807) is 45.0 Å². The second-order valence-electron chi connectivity index (χ2n) is 7.48. The first-order valence-electron chi connectivity index (χ1n) is 8.03. The first-order valence-corrected chi connectivity index (χ1v) is 8.03. The van der Waals surface area contributed by atoms with Gasteiger partial charge >= 0.3 is 12.1 Å². The van der Waals surface area contributed by atoms with Gasteiger partial charge in [-0.15, -0.1) is 0 Å². The fraction of sp³-hybridized carbons (Fsp3) is 0.526. The van der Waals surface area contributed by atoms with E-state index in [1.165, 1.54) is 19.1 Å². The van der Waals surface area contributed by atoms with Crippen molar-refractivity contribution >= 4 is 18.3 Å². The summed E-state index contributed by atoms with van der Waals surface area (Å²) in [7, 11) is 2.79. The number of benzene rings is 1. The summed E-state index contributed by atoms with van der Waals surface area (Å²) in [5, 5.41) is 0. The average molecular weight is 349 g/mol. The number of likely N-dealkylation sites (N-methyl/N-ethyl adjacent to an activating group) is 1. The number of rotatable bonds is 5. The molecule has 0 aliphatic rings. The van der Waals surface area contributed by atoms with Crippen molar-refractivity contribution in [3.63, 3.8) is 0 Å². The van der Waals surface area contributed by atoms with E-state index in [0.29, 0.717) is 5.56 Å². The normalized spacial score (nSPS) is 12.9. The van der Waals surface area contributed by atoms with Crippen LogP contribution in [0.25, 0.3) is 0 Å². The van der Waals surface area contributed by atoms with E-state index in [9.17, 15) is 14.4 Å². The van der Waals surface area contributed by atoms with Gasteiger partial charge in [-0.2, -0.15) is 0 Å². The van der Waals surface area contributed by atoms with Gasteiger partial charge < -0.3 is 9.47 Å². The number of nitrogens with zero attached hydrogens (tertiary/aromatic N) is 1. The Morgan fingerprint density at radius 2 is 1.60 bits per heavy atom. The van der Waals surface area contributed by atoms with Crippen molar-refractivity contribution in [3.8, 4) is 0 Å². The SMILES string of the molecule is COC(=O)C(N(C)C(=O)OC(C)(C)C)C(C)(C)c1ccc(C=O)cc1. The molecule has 1 amide bonds. The van der Waals surface area contributed by atoms with E-state index in [-0.39, 0.29) is 0 Å². The summed E-state index contributed by atoms with van der Waals surface area (Å²) in [4.78, 5) is 37.0. The molecule has 0 bridgehead atoms. The van der Waals surface area contributed by atoms with Crippen LogP contribution in [0.4, 0.5) is 4.79 Å². The first kappa shape index (κ1) is 20.7. The molecule has 1 aromatic carbocycles. The zero-order valence-corrected chi connectivity index (χ0v) is 16.0. The highest BCUT2D eigenvalue weighted by Gasteiger charge is 2.43. The van der Waals surface area contributed by atoms with Crippen molar-refractivity contribution in [1.29, 1.82) is 0 Å². The van der Waals surface area contributed by atoms with Crippen molar-refractivity contribution in [3.05, 3.63) is 35.4 Å². The van der Waals surface area contributed by atoms with Crippen LogP contribution in [0.2, 0.25) is 0 Å². The molecule has 1 unspecified atom stereocenters. The van der Waals surface area contributed by atoms with Crippen LogP contribution >= 0.6 is 0 Å². The number of methoxy groups -OCH3 is 1. The lowest BCUT2D eigenvalue weighted by molar-refractivity contribution is -0.148. The molecule has 0 fully saturated rings. The third-order valence-corrected chi connectivity index (χ3v) is 3.97. The fourth-order valence-electron chi connectivity index (χ4n) is 2.64. The highest BCUT2D eigenvalue weighted by Crippen LogP contribution is 2.31. The molecule has 0 aliphatic heterocycles. The molecule has 6 heteroatoms. The smallest absolute Gasteiger partial charge is 0.410 e. The lowest BCUT2D eigenvalue weighted by Gasteiger charge is -2.39. The number of ether oxygens (including phenoxy) is 2. The standard InChI is InChI=1S/C19H27NO5/c1-18(2,3)25-17(23)20(6)15(16(22)24-7)19(4,5)14-10-8-13(12-21)9-11-14/h8-12,15H,1-7H3. The van der Waals surface area contributed by atoms with Gasteiger partial charge in [0.2, 0.25) is 0 Å². The monoisotopic (exact) mass is 349 g/mol. The Bertz CT molecular complexity index is 628. The Labute approximate surface area is 149 Å². The molecule has 0 heterocycles. The minimum absolute atomic E-state index is 0.537. The summed E-state index contributed by atoms with van der Waals surface area (Å²) in [6, 6.07) is 5.98. The van der Waals surface area contributed by atoms with E-state index in [2.05, 4.69) is 0 Å². The molecule has 1 rings (SSSR count). The summed E-state index contributed by atoms with van der Waals surface area (Å²) in [5.41, 5.74) is -0.111. The number of aldehydes is 1. The molecule has 25 heavy (non-hydrogen) atoms. The van der Waals surface area contributed by atoms with Crippen LogP contribution in [-0.4, -0.2) is 49.0 Å². The van der Waals surface area contributed by atoms with Gasteiger partial charge in [-0.25, -0.2) is 9.59 Å². The number of esters is 1. The molecule has 6 nitrogen and oxygen atoms in total. The average Bonchev–Trinajstić information content (AvgIpc) is 2.52. The second kappa shape index (κ2) is 7.68. The minimum Gasteiger partial charge on any atom is -0.467 e. The first-order chi connectivity index (χ1) is 11.4. The van der Waals surface area contributed by atoms with Gasteiger partial charge in [-0.1, -0.05) is 38.1 Å². The van der Waals surface area contributed by atoms with E-state index in [1.807, 2.05) is 13.8 Å². The van der Waals surface area contributed by atoms with Crippen LogP contribution in [0.3, 0.4) is 0 Å². The predicted octanol–water partition coefficient (Wildman–Crippen LogP) is 3.19. The maximum atomic E-state index is 12.4. The number of carbonyl (C=O) groups is 3. The van der Waals surface area contributed by atoms with Crippen molar-refractivity contribution < 1.29 is 23.9 Å². The van der Waals surface area contributed by atoms with Crippen LogP contribution < -0.4 is 0 Å². The number of hydrogen-bond donors (Lipinski definition) is 0. The molecule has 0 aliphatic carbocycles. The van der Waals surface area contributed by atoms with Crippen LogP contribution in [0.15, 0.2) is 24.3 Å². The zero-order valence-electron chi connectivity index (χ0n) is 16.0. The number of carbonyl (C=O) groups excluding carboxylic acids is 3. The molecule has 0 saturated carbocycles. The van der Waals surface area contributed by atoms with Crippen molar-refractivity contribution in [2.24, 2.45) is 0 Å². The summed E-state index contributed by atoms with van der Waals surface area (Å²) in [6.45, 7) is 8.95. The summed E-state index contributed by atoms with van der Waals surface area (Å²) >= 11 is 0. The van der Waals surface area contributed by atoms with Gasteiger partial charge in [0.15, 0.2) is 0 Å². The van der Waals surface area contributed by atoms with Crippen molar-refractivity contribution in [1.82, 2.24) is 4.90 Å². The Morgan fingerprint density at radius 1 is 1.08 bits per heavy atom. The van der Waals surface area contributed by atoms with Gasteiger partial charge in [0.05, 0.1) is 7.11 Å². The summed E-state index contributed by atoms with van der Waals surface area (Å²) < 4.78 is 10.3. The Hall–Kier alpha value is -2.37. The van der Waals surface area contributed by atoms with Gasteiger partial charge in [0.25, 0.3) is 0 Å². The molecule has 0 N–H and O–H groups in total. The highest BCUT2D eigenvalue weighted by atomic mass is 16.6. The van der Waals surface area contributed by atoms with E-state index < -0.39 is 29.1 Å². The molecule has 0 radical (unpaired) electrons. The number of hydrogen-bond acceptors (Lipinski definition) is 5. The summed E-state index contributed by atoms with van der Waals surface area (Å²) in [6.07, 6.45) is 0.141. The van der Waals surface area contributed by atoms with E-state index >= 15 is 0 Å². The lowest BCUT2D eigenvalue weighted by atomic mass is 9.77. The maximum Gasteiger partial charge on any atom is 0.410 e. The zero-order chi connectivity index (χ0) is 19.4. The lowest BCUT2D eigenvalue weighted by Crippen LogP contribution is -2.54. The van der Waals surface area contributed by atoms with Gasteiger partial charge in [-0.05, 0) is 26.3 Å². The largest absolute Gasteiger partial charge is 0.467 e. The Kier molecular flexibility index (Phi) is 6.35. The Morgan fingerprint density at radius 3 is 2.00 bits per heavy atom. The molecule has 0 spiro atoms. The predicted molar refractivity (Wildman–Crippen MR) is 94.7 cm³/mol. The highest BCUT2D eigenvalue weighted by molar-refractivity contribution is 5.83. The number of amides is 1. The van der Waals surface area contributed by atoms with Gasteiger partial charge in [0, 0.05) is 18.0 Å². The third kappa shape index (κ3) is 5.05. The van der Waals surface area contributed by atoms with Gasteiger partial charge in [0.1, 0.15) is 17.9 Å². The van der Waals surface area contributed by atoms with E-state index in [0.717, 1.165) is 11.8 Å².